The lowest BCUT2D eigenvalue weighted by Crippen LogP contribution is -2.22. The molecule has 1 fully saturated rings. The highest BCUT2D eigenvalue weighted by atomic mass is 35.5. The van der Waals surface area contributed by atoms with Crippen LogP contribution in [-0.2, 0) is 6.54 Å². The Morgan fingerprint density at radius 3 is 2.64 bits per heavy atom. The maximum absolute atomic E-state index is 15.5. The SMILES string of the molecule is O=C(O)c1cn(C2CC2)c2cc(N(Cc3ccncc3)c3cccc(Cl)n3)c(F)cc2c1=O. The van der Waals surface area contributed by atoms with Gasteiger partial charge in [0.05, 0.1) is 11.2 Å². The zero-order valence-electron chi connectivity index (χ0n) is 17.3. The molecule has 0 aliphatic heterocycles. The summed E-state index contributed by atoms with van der Waals surface area (Å²) in [5, 5.41) is 9.75. The van der Waals surface area contributed by atoms with E-state index in [1.165, 1.54) is 6.20 Å². The first-order chi connectivity index (χ1) is 15.9. The fraction of sp³-hybridized carbons (Fsp3) is 0.167. The van der Waals surface area contributed by atoms with E-state index < -0.39 is 17.2 Å². The van der Waals surface area contributed by atoms with E-state index in [0.29, 0.717) is 11.3 Å². The van der Waals surface area contributed by atoms with Gasteiger partial charge in [0.2, 0.25) is 5.43 Å². The fourth-order valence-corrected chi connectivity index (χ4v) is 4.04. The van der Waals surface area contributed by atoms with Crippen molar-refractivity contribution >= 4 is 40.0 Å². The van der Waals surface area contributed by atoms with Gasteiger partial charge in [0, 0.05) is 36.6 Å². The van der Waals surface area contributed by atoms with Crippen LogP contribution in [0, 0.1) is 5.82 Å². The number of carboxylic acids is 1. The summed E-state index contributed by atoms with van der Waals surface area (Å²) in [6.45, 7) is 0.277. The Balaban J connectivity index is 1.74. The molecule has 0 atom stereocenters. The number of aromatic carboxylic acids is 1. The maximum atomic E-state index is 15.5. The summed E-state index contributed by atoms with van der Waals surface area (Å²) < 4.78 is 17.3. The topological polar surface area (TPSA) is 88.3 Å². The molecule has 1 aliphatic rings. The molecule has 166 valence electrons. The molecule has 9 heteroatoms. The Bertz CT molecular complexity index is 1440. The Kier molecular flexibility index (Phi) is 5.30. The molecule has 33 heavy (non-hydrogen) atoms. The van der Waals surface area contributed by atoms with Crippen LogP contribution in [0.3, 0.4) is 0 Å². The smallest absolute Gasteiger partial charge is 0.341 e. The summed E-state index contributed by atoms with van der Waals surface area (Å²) in [5.41, 5.74) is 0.469. The molecule has 1 aromatic carbocycles. The van der Waals surface area contributed by atoms with Crippen molar-refractivity contribution in [2.75, 3.05) is 4.90 Å². The van der Waals surface area contributed by atoms with Crippen LogP contribution in [0.4, 0.5) is 15.9 Å². The number of aromatic nitrogens is 3. The second-order valence-electron chi connectivity index (χ2n) is 7.90. The average Bonchev–Trinajstić information content (AvgIpc) is 3.64. The first-order valence-electron chi connectivity index (χ1n) is 10.3. The van der Waals surface area contributed by atoms with Crippen LogP contribution >= 0.6 is 11.6 Å². The van der Waals surface area contributed by atoms with Gasteiger partial charge in [-0.15, -0.1) is 0 Å². The molecule has 3 aromatic heterocycles. The predicted molar refractivity (Wildman–Crippen MR) is 123 cm³/mol. The lowest BCUT2D eigenvalue weighted by molar-refractivity contribution is 0.0695. The number of nitrogens with zero attached hydrogens (tertiary/aromatic N) is 4. The number of rotatable bonds is 6. The predicted octanol–water partition coefficient (Wildman–Crippen LogP) is 4.96. The van der Waals surface area contributed by atoms with Crippen molar-refractivity contribution in [3.8, 4) is 0 Å². The normalized spacial score (nSPS) is 13.3. The Hall–Kier alpha value is -3.78. The minimum atomic E-state index is -1.33. The zero-order chi connectivity index (χ0) is 23.1. The summed E-state index contributed by atoms with van der Waals surface area (Å²) in [6, 6.07) is 11.5. The van der Waals surface area contributed by atoms with Crippen LogP contribution in [0.1, 0.15) is 34.8 Å². The molecule has 7 nitrogen and oxygen atoms in total. The van der Waals surface area contributed by atoms with Crippen LogP contribution in [0.15, 0.2) is 65.8 Å². The molecule has 0 radical (unpaired) electrons. The van der Waals surface area contributed by atoms with Crippen molar-refractivity contribution in [2.24, 2.45) is 0 Å². The summed E-state index contributed by atoms with van der Waals surface area (Å²) in [6.07, 6.45) is 6.37. The average molecular weight is 465 g/mol. The molecule has 0 bridgehead atoms. The zero-order valence-corrected chi connectivity index (χ0v) is 18.0. The first kappa shape index (κ1) is 21.1. The monoisotopic (exact) mass is 464 g/mol. The molecule has 1 N–H and O–H groups in total. The number of benzene rings is 1. The van der Waals surface area contributed by atoms with Gasteiger partial charge in [-0.1, -0.05) is 17.7 Å². The van der Waals surface area contributed by atoms with E-state index in [2.05, 4.69) is 9.97 Å². The number of halogens is 2. The van der Waals surface area contributed by atoms with Crippen molar-refractivity contribution in [1.29, 1.82) is 0 Å². The third-order valence-corrected chi connectivity index (χ3v) is 5.84. The molecule has 1 saturated carbocycles. The first-order valence-corrected chi connectivity index (χ1v) is 10.7. The van der Waals surface area contributed by atoms with E-state index in [4.69, 9.17) is 11.6 Å². The van der Waals surface area contributed by atoms with Gasteiger partial charge in [-0.2, -0.15) is 0 Å². The molecule has 1 aliphatic carbocycles. The second-order valence-corrected chi connectivity index (χ2v) is 8.28. The maximum Gasteiger partial charge on any atom is 0.341 e. The van der Waals surface area contributed by atoms with Gasteiger partial charge in [0.1, 0.15) is 22.4 Å². The molecule has 0 spiro atoms. The van der Waals surface area contributed by atoms with E-state index in [0.717, 1.165) is 24.5 Å². The van der Waals surface area contributed by atoms with E-state index in [1.807, 2.05) is 12.1 Å². The fourth-order valence-electron chi connectivity index (χ4n) is 3.88. The van der Waals surface area contributed by atoms with Gasteiger partial charge in [-0.3, -0.25) is 9.78 Å². The molecule has 0 unspecified atom stereocenters. The van der Waals surface area contributed by atoms with Gasteiger partial charge in [0.25, 0.3) is 0 Å². The lowest BCUT2D eigenvalue weighted by Gasteiger charge is -2.25. The van der Waals surface area contributed by atoms with E-state index in [1.54, 1.807) is 46.1 Å². The highest BCUT2D eigenvalue weighted by molar-refractivity contribution is 6.29. The van der Waals surface area contributed by atoms with E-state index >= 15 is 4.39 Å². The van der Waals surface area contributed by atoms with Gasteiger partial charge in [-0.05, 0) is 54.8 Å². The quantitative estimate of drug-likeness (QED) is 0.406. The molecule has 5 rings (SSSR count). The van der Waals surface area contributed by atoms with Crippen molar-refractivity contribution < 1.29 is 14.3 Å². The summed E-state index contributed by atoms with van der Waals surface area (Å²) in [5.74, 6) is -1.57. The van der Waals surface area contributed by atoms with Crippen LogP contribution in [-0.4, -0.2) is 25.6 Å². The number of pyridine rings is 3. The summed E-state index contributed by atoms with van der Waals surface area (Å²) in [7, 11) is 0. The Morgan fingerprint density at radius 2 is 1.97 bits per heavy atom. The highest BCUT2D eigenvalue weighted by Gasteiger charge is 2.28. The Labute approximate surface area is 192 Å². The van der Waals surface area contributed by atoms with Gasteiger partial charge in [0.15, 0.2) is 0 Å². The van der Waals surface area contributed by atoms with Gasteiger partial charge < -0.3 is 14.6 Å². The number of hydrogen-bond acceptors (Lipinski definition) is 5. The van der Waals surface area contributed by atoms with Gasteiger partial charge >= 0.3 is 5.97 Å². The minimum absolute atomic E-state index is 0.0333. The van der Waals surface area contributed by atoms with Crippen LogP contribution < -0.4 is 10.3 Å². The van der Waals surface area contributed by atoms with Crippen LogP contribution in [0.2, 0.25) is 5.15 Å². The minimum Gasteiger partial charge on any atom is -0.477 e. The molecule has 3 heterocycles. The van der Waals surface area contributed by atoms with Crippen molar-refractivity contribution in [3.63, 3.8) is 0 Å². The second kappa shape index (κ2) is 8.29. The summed E-state index contributed by atoms with van der Waals surface area (Å²) >= 11 is 6.11. The third kappa shape index (κ3) is 4.05. The summed E-state index contributed by atoms with van der Waals surface area (Å²) in [4.78, 5) is 34.4. The van der Waals surface area contributed by atoms with Crippen molar-refractivity contribution in [2.45, 2.75) is 25.4 Å². The largest absolute Gasteiger partial charge is 0.477 e. The third-order valence-electron chi connectivity index (χ3n) is 5.63. The molecule has 0 saturated heterocycles. The number of hydrogen-bond donors (Lipinski definition) is 1. The van der Waals surface area contributed by atoms with E-state index in [9.17, 15) is 14.7 Å². The molecular formula is C24H18ClFN4O3. The number of anilines is 2. The molecular weight excluding hydrogens is 447 g/mol. The number of carboxylic acid groups (broad SMARTS) is 1. The van der Waals surface area contributed by atoms with Crippen molar-refractivity contribution in [1.82, 2.24) is 14.5 Å². The van der Waals surface area contributed by atoms with E-state index in [-0.39, 0.29) is 34.4 Å². The van der Waals surface area contributed by atoms with Crippen LogP contribution in [0.5, 0.6) is 0 Å². The standard InChI is InChI=1S/C24H18ClFN4O3/c25-21-2-1-3-22(28-21)30(12-14-6-8-27-9-7-14)20-11-19-16(10-18(20)26)23(31)17(24(32)33)13-29(19)15-4-5-15/h1-3,6-11,13,15H,4-5,12H2,(H,32,33). The number of carbonyl (C=O) groups is 1. The number of fused-ring (bicyclic) bond motifs is 1. The lowest BCUT2D eigenvalue weighted by atomic mass is 10.1. The van der Waals surface area contributed by atoms with Gasteiger partial charge in [-0.25, -0.2) is 14.2 Å². The molecule has 4 aromatic rings. The Morgan fingerprint density at radius 1 is 1.21 bits per heavy atom. The molecule has 0 amide bonds. The van der Waals surface area contributed by atoms with Crippen LogP contribution in [0.25, 0.3) is 10.9 Å². The van der Waals surface area contributed by atoms with Crippen molar-refractivity contribution in [3.05, 3.63) is 93.4 Å². The highest BCUT2D eigenvalue weighted by Crippen LogP contribution is 2.39.